The van der Waals surface area contributed by atoms with Crippen LogP contribution in [0.2, 0.25) is 5.02 Å². The molecule has 0 amide bonds. The molecular weight excluding hydrogens is 296 g/mol. The molecule has 0 aliphatic carbocycles. The number of nitrogens with zero attached hydrogens (tertiary/aromatic N) is 1. The summed E-state index contributed by atoms with van der Waals surface area (Å²) in [5, 5.41) is 1.82. The number of halogens is 1. The van der Waals surface area contributed by atoms with Crippen LogP contribution >= 0.6 is 11.6 Å². The molecule has 0 spiro atoms. The van der Waals surface area contributed by atoms with Crippen molar-refractivity contribution >= 4 is 32.3 Å². The third kappa shape index (κ3) is 3.75. The van der Waals surface area contributed by atoms with E-state index in [0.717, 1.165) is 17.3 Å². The number of nitrogens with two attached hydrogens (primary N) is 1. The lowest BCUT2D eigenvalue weighted by Gasteiger charge is -2.05. The summed E-state index contributed by atoms with van der Waals surface area (Å²) < 4.78 is 24.5. The summed E-state index contributed by atoms with van der Waals surface area (Å²) in [5.41, 5.74) is 7.85. The molecular formula is C14H19ClN2O2S. The summed E-state index contributed by atoms with van der Waals surface area (Å²) in [6.45, 7) is 1.25. The van der Waals surface area contributed by atoms with E-state index >= 15 is 0 Å². The maximum Gasteiger partial charge on any atom is 0.147 e. The van der Waals surface area contributed by atoms with Gasteiger partial charge in [0.05, 0.1) is 5.75 Å². The summed E-state index contributed by atoms with van der Waals surface area (Å²) in [7, 11) is -2.92. The van der Waals surface area contributed by atoms with Crippen LogP contribution in [0, 0.1) is 0 Å². The van der Waals surface area contributed by atoms with E-state index in [9.17, 15) is 8.42 Å². The van der Waals surface area contributed by atoms with Crippen molar-refractivity contribution < 1.29 is 8.42 Å². The Morgan fingerprint density at radius 2 is 2.10 bits per heavy atom. The first kappa shape index (κ1) is 15.4. The Labute approximate surface area is 124 Å². The van der Waals surface area contributed by atoms with Crippen LogP contribution in [0.5, 0.6) is 0 Å². The van der Waals surface area contributed by atoms with Crippen molar-refractivity contribution in [1.82, 2.24) is 4.57 Å². The van der Waals surface area contributed by atoms with E-state index in [0.29, 0.717) is 24.5 Å². The highest BCUT2D eigenvalue weighted by atomic mass is 35.5. The van der Waals surface area contributed by atoms with Crippen molar-refractivity contribution in [1.29, 1.82) is 0 Å². The maximum absolute atomic E-state index is 11.2. The van der Waals surface area contributed by atoms with Gasteiger partial charge in [0.2, 0.25) is 0 Å². The largest absolute Gasteiger partial charge is 0.347 e. The minimum Gasteiger partial charge on any atom is -0.347 e. The molecule has 0 bridgehead atoms. The third-order valence-electron chi connectivity index (χ3n) is 3.25. The highest BCUT2D eigenvalue weighted by molar-refractivity contribution is 7.90. The fraction of sp³-hybridized carbons (Fsp3) is 0.429. The van der Waals surface area contributed by atoms with E-state index in [-0.39, 0.29) is 5.75 Å². The number of fused-ring (bicyclic) bond motifs is 1. The van der Waals surface area contributed by atoms with Crippen molar-refractivity contribution in [3.8, 4) is 0 Å². The first-order valence-electron chi connectivity index (χ1n) is 6.56. The lowest BCUT2D eigenvalue weighted by atomic mass is 10.1. The Morgan fingerprint density at radius 3 is 2.75 bits per heavy atom. The van der Waals surface area contributed by atoms with Crippen LogP contribution in [0.1, 0.15) is 12.0 Å². The summed E-state index contributed by atoms with van der Waals surface area (Å²) in [5.74, 6) is 0.194. The summed E-state index contributed by atoms with van der Waals surface area (Å²) >= 11 is 6.05. The fourth-order valence-electron chi connectivity index (χ4n) is 2.38. The molecule has 0 aliphatic heterocycles. The summed E-state index contributed by atoms with van der Waals surface area (Å²) in [6.07, 6.45) is 4.71. The van der Waals surface area contributed by atoms with E-state index in [1.165, 1.54) is 11.8 Å². The molecule has 0 unspecified atom stereocenters. The molecule has 0 fully saturated rings. The number of benzene rings is 1. The minimum atomic E-state index is -2.92. The smallest absolute Gasteiger partial charge is 0.147 e. The molecule has 0 aliphatic rings. The van der Waals surface area contributed by atoms with Crippen LogP contribution in [0.25, 0.3) is 10.9 Å². The second-order valence-corrected chi connectivity index (χ2v) is 7.73. The molecule has 1 heterocycles. The normalized spacial score (nSPS) is 12.2. The van der Waals surface area contributed by atoms with Crippen LogP contribution in [0.15, 0.2) is 24.4 Å². The molecule has 6 heteroatoms. The molecule has 0 saturated carbocycles. The van der Waals surface area contributed by atoms with Crippen molar-refractivity contribution in [2.75, 3.05) is 18.6 Å². The van der Waals surface area contributed by atoms with E-state index in [1.807, 2.05) is 18.2 Å². The van der Waals surface area contributed by atoms with Gasteiger partial charge in [-0.05, 0) is 37.1 Å². The van der Waals surface area contributed by atoms with E-state index in [1.54, 1.807) is 0 Å². The topological polar surface area (TPSA) is 65.1 Å². The Morgan fingerprint density at radius 1 is 1.35 bits per heavy atom. The zero-order valence-corrected chi connectivity index (χ0v) is 13.0. The van der Waals surface area contributed by atoms with Gasteiger partial charge in [-0.25, -0.2) is 8.42 Å². The van der Waals surface area contributed by atoms with Crippen molar-refractivity contribution in [3.63, 3.8) is 0 Å². The molecule has 2 aromatic rings. The molecule has 1 aromatic heterocycles. The highest BCUT2D eigenvalue weighted by Crippen LogP contribution is 2.25. The number of hydrogen-bond acceptors (Lipinski definition) is 3. The van der Waals surface area contributed by atoms with Crippen LogP contribution in [0.4, 0.5) is 0 Å². The van der Waals surface area contributed by atoms with Gasteiger partial charge < -0.3 is 10.3 Å². The molecule has 110 valence electrons. The van der Waals surface area contributed by atoms with Crippen molar-refractivity contribution in [2.24, 2.45) is 5.73 Å². The zero-order chi connectivity index (χ0) is 14.8. The minimum absolute atomic E-state index is 0.194. The lowest BCUT2D eigenvalue weighted by molar-refractivity contribution is 0.593. The molecule has 2 rings (SSSR count). The van der Waals surface area contributed by atoms with Crippen LogP contribution in [-0.4, -0.2) is 31.5 Å². The molecule has 2 N–H and O–H groups in total. The molecule has 0 atom stereocenters. The van der Waals surface area contributed by atoms with Crippen LogP contribution < -0.4 is 5.73 Å². The van der Waals surface area contributed by atoms with Gasteiger partial charge in [0.15, 0.2) is 0 Å². The Hall–Kier alpha value is -1.04. The van der Waals surface area contributed by atoms with E-state index < -0.39 is 9.84 Å². The summed E-state index contributed by atoms with van der Waals surface area (Å²) in [4.78, 5) is 0. The highest BCUT2D eigenvalue weighted by Gasteiger charge is 2.09. The Balaban J connectivity index is 2.29. The van der Waals surface area contributed by atoms with Gasteiger partial charge in [-0.1, -0.05) is 17.7 Å². The number of aryl methyl sites for hydroxylation is 1. The quantitative estimate of drug-likeness (QED) is 0.889. The van der Waals surface area contributed by atoms with E-state index in [4.69, 9.17) is 17.3 Å². The molecule has 20 heavy (non-hydrogen) atoms. The van der Waals surface area contributed by atoms with Crippen molar-refractivity contribution in [3.05, 3.63) is 35.0 Å². The lowest BCUT2D eigenvalue weighted by Crippen LogP contribution is -2.07. The average Bonchev–Trinajstić information content (AvgIpc) is 2.66. The second kappa shape index (κ2) is 6.16. The molecule has 1 aromatic carbocycles. The van der Waals surface area contributed by atoms with Gasteiger partial charge in [0.25, 0.3) is 0 Å². The van der Waals surface area contributed by atoms with Gasteiger partial charge in [0.1, 0.15) is 9.84 Å². The van der Waals surface area contributed by atoms with Gasteiger partial charge in [-0.15, -0.1) is 0 Å². The first-order chi connectivity index (χ1) is 9.40. The van der Waals surface area contributed by atoms with Crippen LogP contribution in [-0.2, 0) is 22.8 Å². The maximum atomic E-state index is 11.2. The first-order valence-corrected chi connectivity index (χ1v) is 8.99. The predicted molar refractivity (Wildman–Crippen MR) is 84.0 cm³/mol. The molecule has 4 nitrogen and oxygen atoms in total. The molecule has 0 radical (unpaired) electrons. The van der Waals surface area contributed by atoms with Gasteiger partial charge in [-0.2, -0.15) is 0 Å². The zero-order valence-electron chi connectivity index (χ0n) is 11.5. The number of hydrogen-bond donors (Lipinski definition) is 1. The third-order valence-corrected chi connectivity index (χ3v) is 4.52. The Bertz CT molecular complexity index is 707. The monoisotopic (exact) mass is 314 g/mol. The van der Waals surface area contributed by atoms with Gasteiger partial charge >= 0.3 is 0 Å². The van der Waals surface area contributed by atoms with Crippen molar-refractivity contribution in [2.45, 2.75) is 19.4 Å². The van der Waals surface area contributed by atoms with Gasteiger partial charge in [0, 0.05) is 34.9 Å². The summed E-state index contributed by atoms with van der Waals surface area (Å²) in [6, 6.07) is 5.78. The van der Waals surface area contributed by atoms with Crippen LogP contribution in [0.3, 0.4) is 0 Å². The molecule has 0 saturated heterocycles. The number of rotatable bonds is 6. The Kier molecular flexibility index (Phi) is 4.73. The predicted octanol–water partition coefficient (Wildman–Crippen LogP) is 2.23. The van der Waals surface area contributed by atoms with Gasteiger partial charge in [-0.3, -0.25) is 0 Å². The standard InChI is InChI=1S/C14H19ClN2O2S/c1-20(18,19)8-2-7-17-10-11(5-6-16)13-4-3-12(15)9-14(13)17/h3-4,9-10H,2,5-8,16H2,1H3. The SMILES string of the molecule is CS(=O)(=O)CCCn1cc(CCN)c2ccc(Cl)cc21. The number of sulfone groups is 1. The second-order valence-electron chi connectivity index (χ2n) is 5.03. The average molecular weight is 315 g/mol. The van der Waals surface area contributed by atoms with E-state index in [2.05, 4.69) is 10.8 Å². The number of aromatic nitrogens is 1. The fourth-order valence-corrected chi connectivity index (χ4v) is 3.20.